The first-order valence-corrected chi connectivity index (χ1v) is 7.63. The molecule has 0 bridgehead atoms. The number of rotatable bonds is 5. The zero-order valence-corrected chi connectivity index (χ0v) is 12.5. The number of benzene rings is 2. The van der Waals surface area contributed by atoms with Crippen LogP contribution in [0.15, 0.2) is 47.4 Å². The highest BCUT2D eigenvalue weighted by Gasteiger charge is 2.05. The molecule has 2 rings (SSSR count). The SMILES string of the molecule is CCc1ccc(NC(=O)CSc2cc(N)cc(F)c2)cc1. The number of aryl methyl sites for hydroxylation is 1. The topological polar surface area (TPSA) is 55.1 Å². The molecule has 2 aromatic rings. The molecule has 2 aromatic carbocycles. The lowest BCUT2D eigenvalue weighted by Gasteiger charge is -2.06. The third-order valence-electron chi connectivity index (χ3n) is 2.91. The van der Waals surface area contributed by atoms with E-state index in [0.717, 1.165) is 12.1 Å². The van der Waals surface area contributed by atoms with Crippen molar-refractivity contribution in [2.75, 3.05) is 16.8 Å². The van der Waals surface area contributed by atoms with Gasteiger partial charge in [-0.05, 0) is 42.3 Å². The highest BCUT2D eigenvalue weighted by atomic mass is 32.2. The third-order valence-corrected chi connectivity index (χ3v) is 3.89. The van der Waals surface area contributed by atoms with E-state index in [1.165, 1.54) is 29.5 Å². The van der Waals surface area contributed by atoms with Crippen LogP contribution in [0.2, 0.25) is 0 Å². The van der Waals surface area contributed by atoms with E-state index in [0.29, 0.717) is 10.6 Å². The Hall–Kier alpha value is -2.01. The Bertz CT molecular complexity index is 608. The smallest absolute Gasteiger partial charge is 0.234 e. The fourth-order valence-corrected chi connectivity index (χ4v) is 2.62. The van der Waals surface area contributed by atoms with Crippen molar-refractivity contribution in [1.29, 1.82) is 0 Å². The quantitative estimate of drug-likeness (QED) is 0.654. The molecule has 1 amide bonds. The van der Waals surface area contributed by atoms with Crippen molar-refractivity contribution in [3.05, 3.63) is 53.8 Å². The Morgan fingerprint density at radius 3 is 2.57 bits per heavy atom. The summed E-state index contributed by atoms with van der Waals surface area (Å²) in [6, 6.07) is 12.0. The molecule has 0 saturated carbocycles. The lowest BCUT2D eigenvalue weighted by Crippen LogP contribution is -2.13. The Morgan fingerprint density at radius 1 is 1.24 bits per heavy atom. The normalized spacial score (nSPS) is 10.4. The van der Waals surface area contributed by atoms with Crippen LogP contribution in [0.5, 0.6) is 0 Å². The van der Waals surface area contributed by atoms with E-state index >= 15 is 0 Å². The van der Waals surface area contributed by atoms with Gasteiger partial charge in [0.25, 0.3) is 0 Å². The number of hydrogen-bond acceptors (Lipinski definition) is 3. The van der Waals surface area contributed by atoms with E-state index in [9.17, 15) is 9.18 Å². The van der Waals surface area contributed by atoms with Gasteiger partial charge >= 0.3 is 0 Å². The number of nitrogen functional groups attached to an aromatic ring is 1. The minimum Gasteiger partial charge on any atom is -0.399 e. The van der Waals surface area contributed by atoms with Gasteiger partial charge in [0.05, 0.1) is 5.75 Å². The molecule has 0 aromatic heterocycles. The van der Waals surface area contributed by atoms with Crippen LogP contribution in [-0.4, -0.2) is 11.7 Å². The number of amides is 1. The summed E-state index contributed by atoms with van der Waals surface area (Å²) in [7, 11) is 0. The summed E-state index contributed by atoms with van der Waals surface area (Å²) >= 11 is 1.25. The van der Waals surface area contributed by atoms with Crippen LogP contribution < -0.4 is 11.1 Å². The summed E-state index contributed by atoms with van der Waals surface area (Å²) in [6.45, 7) is 2.08. The Morgan fingerprint density at radius 2 is 1.95 bits per heavy atom. The number of hydrogen-bond donors (Lipinski definition) is 2. The maximum absolute atomic E-state index is 13.2. The fourth-order valence-electron chi connectivity index (χ4n) is 1.84. The zero-order chi connectivity index (χ0) is 15.2. The highest BCUT2D eigenvalue weighted by molar-refractivity contribution is 8.00. The lowest BCUT2D eigenvalue weighted by atomic mass is 10.1. The number of carbonyl (C=O) groups is 1. The molecule has 0 radical (unpaired) electrons. The highest BCUT2D eigenvalue weighted by Crippen LogP contribution is 2.22. The molecule has 0 unspecified atom stereocenters. The average Bonchev–Trinajstić information content (AvgIpc) is 2.45. The summed E-state index contributed by atoms with van der Waals surface area (Å²) in [6.07, 6.45) is 0.963. The van der Waals surface area contributed by atoms with Crippen molar-refractivity contribution in [2.24, 2.45) is 0 Å². The van der Waals surface area contributed by atoms with Gasteiger partial charge in [-0.15, -0.1) is 11.8 Å². The van der Waals surface area contributed by atoms with Crippen molar-refractivity contribution in [1.82, 2.24) is 0 Å². The molecule has 0 heterocycles. The first kappa shape index (κ1) is 15.4. The monoisotopic (exact) mass is 304 g/mol. The van der Waals surface area contributed by atoms with Gasteiger partial charge < -0.3 is 11.1 Å². The zero-order valence-electron chi connectivity index (χ0n) is 11.7. The van der Waals surface area contributed by atoms with E-state index in [-0.39, 0.29) is 11.7 Å². The minimum atomic E-state index is -0.395. The molecule has 0 saturated heterocycles. The van der Waals surface area contributed by atoms with Crippen molar-refractivity contribution in [3.8, 4) is 0 Å². The molecule has 110 valence electrons. The minimum absolute atomic E-state index is 0.132. The third kappa shape index (κ3) is 4.79. The van der Waals surface area contributed by atoms with Crippen LogP contribution in [0.1, 0.15) is 12.5 Å². The molecule has 3 N–H and O–H groups in total. The molecule has 3 nitrogen and oxygen atoms in total. The van der Waals surface area contributed by atoms with Crippen molar-refractivity contribution < 1.29 is 9.18 Å². The van der Waals surface area contributed by atoms with Crippen LogP contribution in [0.4, 0.5) is 15.8 Å². The molecule has 0 spiro atoms. The van der Waals surface area contributed by atoms with Gasteiger partial charge in [0.15, 0.2) is 0 Å². The summed E-state index contributed by atoms with van der Waals surface area (Å²) in [4.78, 5) is 12.5. The standard InChI is InChI=1S/C16H17FN2OS/c1-2-11-3-5-14(6-4-11)19-16(20)10-21-15-8-12(17)7-13(18)9-15/h3-9H,2,10,18H2,1H3,(H,19,20). The number of anilines is 2. The largest absolute Gasteiger partial charge is 0.399 e. The van der Waals surface area contributed by atoms with Crippen LogP contribution in [-0.2, 0) is 11.2 Å². The molecule has 0 aliphatic rings. The molecule has 5 heteroatoms. The van der Waals surface area contributed by atoms with Crippen LogP contribution >= 0.6 is 11.8 Å². The van der Waals surface area contributed by atoms with Gasteiger partial charge in [-0.25, -0.2) is 4.39 Å². The van der Waals surface area contributed by atoms with E-state index in [2.05, 4.69) is 12.2 Å². The van der Waals surface area contributed by atoms with Crippen molar-refractivity contribution in [3.63, 3.8) is 0 Å². The molecule has 21 heavy (non-hydrogen) atoms. The van der Waals surface area contributed by atoms with Crippen LogP contribution in [0.25, 0.3) is 0 Å². The number of carbonyl (C=O) groups excluding carboxylic acids is 1. The molecule has 0 aliphatic carbocycles. The van der Waals surface area contributed by atoms with Crippen LogP contribution in [0.3, 0.4) is 0 Å². The molecule has 0 aliphatic heterocycles. The van der Waals surface area contributed by atoms with Crippen molar-refractivity contribution >= 4 is 29.0 Å². The Kier molecular flexibility index (Phi) is 5.22. The fraction of sp³-hybridized carbons (Fsp3) is 0.188. The Labute approximate surface area is 127 Å². The number of halogens is 1. The predicted octanol–water partition coefficient (Wildman–Crippen LogP) is 3.70. The average molecular weight is 304 g/mol. The number of nitrogens with one attached hydrogen (secondary N) is 1. The van der Waals surface area contributed by atoms with Gasteiger partial charge in [0.2, 0.25) is 5.91 Å². The van der Waals surface area contributed by atoms with E-state index < -0.39 is 5.82 Å². The second-order valence-corrected chi connectivity index (χ2v) is 5.66. The molecular weight excluding hydrogens is 287 g/mol. The van der Waals surface area contributed by atoms with E-state index in [1.54, 1.807) is 6.07 Å². The van der Waals surface area contributed by atoms with E-state index in [1.807, 2.05) is 24.3 Å². The maximum Gasteiger partial charge on any atom is 0.234 e. The van der Waals surface area contributed by atoms with Gasteiger partial charge in [-0.2, -0.15) is 0 Å². The van der Waals surface area contributed by atoms with Gasteiger partial charge in [-0.1, -0.05) is 19.1 Å². The van der Waals surface area contributed by atoms with Crippen molar-refractivity contribution in [2.45, 2.75) is 18.2 Å². The first-order valence-electron chi connectivity index (χ1n) is 6.64. The molecule has 0 atom stereocenters. The summed E-state index contributed by atoms with van der Waals surface area (Å²) in [5.74, 6) is -0.321. The van der Waals surface area contributed by atoms with E-state index in [4.69, 9.17) is 5.73 Å². The summed E-state index contributed by atoms with van der Waals surface area (Å²) < 4.78 is 13.2. The molecular formula is C16H17FN2OS. The second kappa shape index (κ2) is 7.13. The summed E-state index contributed by atoms with van der Waals surface area (Å²) in [5.41, 5.74) is 7.90. The second-order valence-electron chi connectivity index (χ2n) is 4.61. The van der Waals surface area contributed by atoms with Gasteiger partial charge in [0, 0.05) is 16.3 Å². The molecule has 0 fully saturated rings. The van der Waals surface area contributed by atoms with Crippen LogP contribution in [0, 0.1) is 5.82 Å². The lowest BCUT2D eigenvalue weighted by molar-refractivity contribution is -0.113. The first-order chi connectivity index (χ1) is 10.1. The van der Waals surface area contributed by atoms with Gasteiger partial charge in [0.1, 0.15) is 5.82 Å². The van der Waals surface area contributed by atoms with Gasteiger partial charge in [-0.3, -0.25) is 4.79 Å². The maximum atomic E-state index is 13.2. The number of thioether (sulfide) groups is 1. The predicted molar refractivity (Wildman–Crippen MR) is 86.0 cm³/mol. The summed E-state index contributed by atoms with van der Waals surface area (Å²) in [5, 5.41) is 2.81. The Balaban J connectivity index is 1.89. The number of nitrogens with two attached hydrogens (primary N) is 1.